The number of hydrogen-bond acceptors (Lipinski definition) is 4. The minimum atomic E-state index is 0.152. The van der Waals surface area contributed by atoms with E-state index in [1.54, 1.807) is 0 Å². The van der Waals surface area contributed by atoms with Crippen molar-refractivity contribution < 1.29 is 14.5 Å². The van der Waals surface area contributed by atoms with E-state index in [0.717, 1.165) is 32.6 Å². The van der Waals surface area contributed by atoms with Gasteiger partial charge in [0, 0.05) is 76.8 Å². The molecule has 0 radical (unpaired) electrons. The Labute approximate surface area is 227 Å². The third-order valence-electron chi connectivity index (χ3n) is 7.30. The molecule has 4 rings (SSSR count). The molecule has 6 heteroatoms. The first-order valence-electron chi connectivity index (χ1n) is 13.5. The molecule has 2 aromatic carbocycles. The van der Waals surface area contributed by atoms with Crippen molar-refractivity contribution in [1.82, 2.24) is 4.90 Å². The number of aliphatic hydroxyl groups is 1. The number of unbranched alkanes of at least 4 members (excludes halogenated alkanes) is 1. The van der Waals surface area contributed by atoms with Crippen molar-refractivity contribution in [2.45, 2.75) is 19.3 Å². The Bertz CT molecular complexity index is 1210. The number of anilines is 2. The first-order valence-corrected chi connectivity index (χ1v) is 13.5. The lowest BCUT2D eigenvalue weighted by molar-refractivity contribution is -0.462. The molecule has 1 fully saturated rings. The van der Waals surface area contributed by atoms with E-state index in [4.69, 9.17) is 5.11 Å². The third kappa shape index (κ3) is 6.62. The summed E-state index contributed by atoms with van der Waals surface area (Å²) in [5.74, 6) is 0.202. The molecule has 2 aromatic rings. The molecule has 0 aromatic heterocycles. The Morgan fingerprint density at radius 1 is 0.842 bits per heavy atom. The average Bonchev–Trinajstić information content (AvgIpc) is 2.94. The monoisotopic (exact) mass is 513 g/mol. The van der Waals surface area contributed by atoms with E-state index in [9.17, 15) is 4.79 Å². The van der Waals surface area contributed by atoms with Crippen LogP contribution in [0.5, 0.6) is 0 Å². The number of nitrogens with zero attached hydrogens (tertiary/aromatic N) is 4. The molecule has 1 heterocycles. The second-order valence-electron chi connectivity index (χ2n) is 10.4. The van der Waals surface area contributed by atoms with Crippen LogP contribution in [0.25, 0.3) is 5.57 Å². The van der Waals surface area contributed by atoms with E-state index >= 15 is 0 Å². The first kappa shape index (κ1) is 27.4. The van der Waals surface area contributed by atoms with Gasteiger partial charge in [-0.25, -0.2) is 4.58 Å². The van der Waals surface area contributed by atoms with Crippen molar-refractivity contribution in [3.8, 4) is 0 Å². The summed E-state index contributed by atoms with van der Waals surface area (Å²) in [5, 5.41) is 8.96. The van der Waals surface area contributed by atoms with Crippen LogP contribution in [0.4, 0.5) is 11.4 Å². The second-order valence-corrected chi connectivity index (χ2v) is 10.4. The summed E-state index contributed by atoms with van der Waals surface area (Å²) >= 11 is 0. The molecule has 0 bridgehead atoms. The summed E-state index contributed by atoms with van der Waals surface area (Å²) in [6.45, 7) is 3.30. The van der Waals surface area contributed by atoms with Gasteiger partial charge < -0.3 is 19.8 Å². The third-order valence-corrected chi connectivity index (χ3v) is 7.30. The van der Waals surface area contributed by atoms with E-state index < -0.39 is 0 Å². The fourth-order valence-corrected chi connectivity index (χ4v) is 4.95. The van der Waals surface area contributed by atoms with Crippen molar-refractivity contribution in [3.05, 3.63) is 89.5 Å². The number of allylic oxidation sites excluding steroid dienone is 5. The van der Waals surface area contributed by atoms with Crippen LogP contribution in [0.3, 0.4) is 0 Å². The topological polar surface area (TPSA) is 50.0 Å². The minimum Gasteiger partial charge on any atom is -0.396 e. The molecular formula is C32H41N4O2+. The zero-order chi connectivity index (χ0) is 27.1. The summed E-state index contributed by atoms with van der Waals surface area (Å²) in [6.07, 6.45) is 10.7. The van der Waals surface area contributed by atoms with Crippen molar-refractivity contribution in [3.63, 3.8) is 0 Å². The summed E-state index contributed by atoms with van der Waals surface area (Å²) in [5.41, 5.74) is 8.32. The van der Waals surface area contributed by atoms with Crippen LogP contribution < -0.4 is 9.80 Å². The molecule has 1 aliphatic carbocycles. The molecule has 2 aliphatic rings. The standard InChI is InChI=1S/C32H41N4O2/c1-33(2)28-14-8-25(9-15-28)32(26-10-16-29(17-11-26)34(3)4)27-12-18-30(19-13-27)35-20-22-36(23-21-35)31(38)7-5-6-24-37/h8-19,37H,5-7,20-24H2,1-4H3/q+1. The van der Waals surface area contributed by atoms with Gasteiger partial charge in [-0.3, -0.25) is 4.79 Å². The number of hydrogen-bond donors (Lipinski definition) is 1. The van der Waals surface area contributed by atoms with E-state index in [1.807, 2.05) is 4.90 Å². The normalized spacial score (nSPS) is 15.2. The smallest absolute Gasteiger partial charge is 0.222 e. The first-order chi connectivity index (χ1) is 18.4. The Morgan fingerprint density at radius 3 is 1.95 bits per heavy atom. The summed E-state index contributed by atoms with van der Waals surface area (Å²) in [6, 6.07) is 17.6. The van der Waals surface area contributed by atoms with Crippen molar-refractivity contribution in [2.24, 2.45) is 0 Å². The quantitative estimate of drug-likeness (QED) is 0.425. The van der Waals surface area contributed by atoms with Crippen LogP contribution in [0.15, 0.2) is 78.4 Å². The van der Waals surface area contributed by atoms with Crippen LogP contribution in [0, 0.1) is 0 Å². The van der Waals surface area contributed by atoms with Crippen molar-refractivity contribution in [1.29, 1.82) is 0 Å². The summed E-state index contributed by atoms with van der Waals surface area (Å²) < 4.78 is 2.12. The number of carbonyl (C=O) groups is 1. The number of carbonyl (C=O) groups excluding carboxylic acids is 1. The van der Waals surface area contributed by atoms with Crippen LogP contribution in [0.2, 0.25) is 0 Å². The fraction of sp³-hybridized carbons (Fsp3) is 0.375. The molecule has 1 amide bonds. The van der Waals surface area contributed by atoms with Crippen LogP contribution in [0.1, 0.15) is 30.4 Å². The highest BCUT2D eigenvalue weighted by molar-refractivity contribution is 6.04. The predicted octanol–water partition coefficient (Wildman–Crippen LogP) is 4.20. The van der Waals surface area contributed by atoms with Crippen LogP contribution in [-0.2, 0) is 4.79 Å². The van der Waals surface area contributed by atoms with Gasteiger partial charge >= 0.3 is 0 Å². The molecule has 1 aliphatic heterocycles. The van der Waals surface area contributed by atoms with Gasteiger partial charge in [0.1, 0.15) is 14.1 Å². The highest BCUT2D eigenvalue weighted by Gasteiger charge is 2.21. The molecule has 1 saturated heterocycles. The molecule has 0 unspecified atom stereocenters. The Morgan fingerprint density at radius 2 is 1.42 bits per heavy atom. The molecule has 6 nitrogen and oxygen atoms in total. The molecule has 38 heavy (non-hydrogen) atoms. The summed E-state index contributed by atoms with van der Waals surface area (Å²) in [4.78, 5) is 18.9. The van der Waals surface area contributed by atoms with Gasteiger partial charge in [-0.05, 0) is 71.5 Å². The Kier molecular flexibility index (Phi) is 9.19. The van der Waals surface area contributed by atoms with E-state index in [0.29, 0.717) is 12.8 Å². The maximum atomic E-state index is 12.4. The average molecular weight is 514 g/mol. The van der Waals surface area contributed by atoms with Gasteiger partial charge in [-0.1, -0.05) is 24.3 Å². The molecular weight excluding hydrogens is 472 g/mol. The highest BCUT2D eigenvalue weighted by atomic mass is 16.3. The zero-order valence-electron chi connectivity index (χ0n) is 23.2. The Balaban J connectivity index is 1.54. The molecule has 0 spiro atoms. The lowest BCUT2D eigenvalue weighted by atomic mass is 9.90. The number of piperazine rings is 1. The number of amides is 1. The number of benzene rings is 2. The number of rotatable bonds is 8. The zero-order valence-corrected chi connectivity index (χ0v) is 23.2. The van der Waals surface area contributed by atoms with Gasteiger partial charge in [0.05, 0.1) is 0 Å². The largest absolute Gasteiger partial charge is 0.396 e. The van der Waals surface area contributed by atoms with Gasteiger partial charge in [-0.15, -0.1) is 0 Å². The van der Waals surface area contributed by atoms with Crippen molar-refractivity contribution in [2.75, 3.05) is 70.8 Å². The van der Waals surface area contributed by atoms with E-state index in [-0.39, 0.29) is 12.5 Å². The highest BCUT2D eigenvalue weighted by Crippen LogP contribution is 2.32. The van der Waals surface area contributed by atoms with Gasteiger partial charge in [0.15, 0.2) is 5.71 Å². The van der Waals surface area contributed by atoms with E-state index in [2.05, 4.69) is 115 Å². The van der Waals surface area contributed by atoms with E-state index in [1.165, 1.54) is 39.4 Å². The fourth-order valence-electron chi connectivity index (χ4n) is 4.95. The maximum Gasteiger partial charge on any atom is 0.222 e. The lowest BCUT2D eigenvalue weighted by Crippen LogP contribution is -2.48. The number of aliphatic hydroxyl groups excluding tert-OH is 1. The van der Waals surface area contributed by atoms with Crippen LogP contribution in [-0.4, -0.2) is 87.2 Å². The lowest BCUT2D eigenvalue weighted by Gasteiger charge is -2.36. The SMILES string of the molecule is CN(C)c1ccc(C(=C2C=CC(=[N+](C)C)C=C2)c2ccc(N3CCN(C(=O)CCCCO)CC3)cc2)cc1. The Hall–Kier alpha value is -3.64. The predicted molar refractivity (Wildman–Crippen MR) is 158 cm³/mol. The maximum absolute atomic E-state index is 12.4. The minimum absolute atomic E-state index is 0.152. The summed E-state index contributed by atoms with van der Waals surface area (Å²) in [7, 11) is 8.24. The van der Waals surface area contributed by atoms with Gasteiger partial charge in [0.25, 0.3) is 0 Å². The van der Waals surface area contributed by atoms with Gasteiger partial charge in [-0.2, -0.15) is 0 Å². The van der Waals surface area contributed by atoms with Gasteiger partial charge in [0.2, 0.25) is 5.91 Å². The second kappa shape index (κ2) is 12.7. The molecule has 200 valence electrons. The molecule has 0 atom stereocenters. The molecule has 0 saturated carbocycles. The van der Waals surface area contributed by atoms with Crippen molar-refractivity contribution >= 4 is 28.6 Å². The molecule has 1 N–H and O–H groups in total. The van der Waals surface area contributed by atoms with Crippen LogP contribution >= 0.6 is 0 Å².